The Morgan fingerprint density at radius 2 is 1.82 bits per heavy atom. The van der Waals surface area contributed by atoms with Gasteiger partial charge in [0, 0.05) is 17.3 Å². The molecule has 2 bridgehead atoms. The van der Waals surface area contributed by atoms with Gasteiger partial charge in [0.1, 0.15) is 0 Å². The first-order chi connectivity index (χ1) is 18.3. The molecule has 6 rings (SSSR count). The molecule has 3 aliphatic rings. The summed E-state index contributed by atoms with van der Waals surface area (Å²) in [5.74, 6) is -3.14. The number of carboxylic acid groups (broad SMARTS) is 1. The van der Waals surface area contributed by atoms with Crippen LogP contribution in [0.4, 0.5) is 32.2 Å². The molecule has 2 aromatic heterocycles. The highest BCUT2D eigenvalue weighted by molar-refractivity contribution is 7.89. The number of anilines is 1. The van der Waals surface area contributed by atoms with Crippen LogP contribution in [-0.2, 0) is 21.0 Å². The molecule has 1 aromatic carbocycles. The van der Waals surface area contributed by atoms with Crippen LogP contribution in [-0.4, -0.2) is 45.6 Å². The predicted molar refractivity (Wildman–Crippen MR) is 126 cm³/mol. The number of imidazole rings is 1. The summed E-state index contributed by atoms with van der Waals surface area (Å²) in [4.78, 5) is 16.3. The summed E-state index contributed by atoms with van der Waals surface area (Å²) < 4.78 is 102. The molecule has 17 heteroatoms. The predicted octanol–water partition coefficient (Wildman–Crippen LogP) is 4.05. The Morgan fingerprint density at radius 3 is 2.35 bits per heavy atom. The average Bonchev–Trinajstić information content (AvgIpc) is 3.50. The largest absolute Gasteiger partial charge is 0.490 e. The summed E-state index contributed by atoms with van der Waals surface area (Å²) in [5.41, 5.74) is 4.78. The third-order valence-electron chi connectivity index (χ3n) is 6.87. The van der Waals surface area contributed by atoms with Crippen LogP contribution in [0.1, 0.15) is 36.9 Å². The number of nitrogens with one attached hydrogen (secondary N) is 1. The number of aryl methyl sites for hydroxylation is 1. The Kier molecular flexibility index (Phi) is 6.79. The summed E-state index contributed by atoms with van der Waals surface area (Å²) in [6.07, 6.45) is -5.45. The summed E-state index contributed by atoms with van der Waals surface area (Å²) >= 11 is 0. The molecule has 214 valence electrons. The fourth-order valence-electron chi connectivity index (χ4n) is 5.07. The molecular weight excluding hydrogens is 570 g/mol. The van der Waals surface area contributed by atoms with E-state index in [0.717, 1.165) is 6.20 Å². The van der Waals surface area contributed by atoms with Gasteiger partial charge in [-0.05, 0) is 50.3 Å². The highest BCUT2D eigenvalue weighted by Gasteiger charge is 2.62. The normalized spacial score (nSPS) is 22.2. The molecule has 3 aliphatic carbocycles. The number of carboxylic acids is 1. The van der Waals surface area contributed by atoms with Gasteiger partial charge < -0.3 is 10.8 Å². The fraction of sp³-hybridized carbons (Fsp3) is 0.391. The van der Waals surface area contributed by atoms with Gasteiger partial charge >= 0.3 is 18.3 Å². The zero-order valence-electron chi connectivity index (χ0n) is 20.4. The van der Waals surface area contributed by atoms with Gasteiger partial charge in [-0.3, -0.25) is 4.40 Å². The lowest BCUT2D eigenvalue weighted by molar-refractivity contribution is -0.192. The summed E-state index contributed by atoms with van der Waals surface area (Å²) in [7, 11) is -3.93. The zero-order chi connectivity index (χ0) is 29.9. The molecule has 0 aliphatic heterocycles. The van der Waals surface area contributed by atoms with E-state index in [1.165, 1.54) is 22.7 Å². The van der Waals surface area contributed by atoms with Crippen LogP contribution in [0.15, 0.2) is 35.5 Å². The van der Waals surface area contributed by atoms with E-state index in [9.17, 15) is 40.0 Å². The highest BCUT2D eigenvalue weighted by atomic mass is 32.2. The number of aromatic nitrogens is 3. The number of nitrogens with zero attached hydrogens (tertiary/aromatic N) is 4. The molecule has 0 saturated heterocycles. The molecular formula is C23H20F6N6O4S. The van der Waals surface area contributed by atoms with Crippen molar-refractivity contribution in [3.8, 4) is 17.3 Å². The minimum atomic E-state index is -5.08. The number of halogens is 6. The number of rotatable bonds is 4. The fourth-order valence-corrected chi connectivity index (χ4v) is 6.52. The third kappa shape index (κ3) is 5.28. The Bertz CT molecular complexity index is 1650. The smallest absolute Gasteiger partial charge is 0.475 e. The number of aliphatic carboxylic acids is 1. The van der Waals surface area contributed by atoms with Crippen LogP contribution in [0.25, 0.3) is 16.9 Å². The lowest BCUT2D eigenvalue weighted by Gasteiger charge is -2.43. The number of hydrogen-bond acceptors (Lipinski definition) is 7. The second-order valence-electron chi connectivity index (χ2n) is 9.76. The molecule has 3 saturated carbocycles. The zero-order valence-corrected chi connectivity index (χ0v) is 21.2. The summed E-state index contributed by atoms with van der Waals surface area (Å²) in [6.45, 7) is 1.72. The number of hydrogen-bond donors (Lipinski definition) is 3. The van der Waals surface area contributed by atoms with Gasteiger partial charge in [-0.25, -0.2) is 27.9 Å². The Hall–Kier alpha value is -3.91. The van der Waals surface area contributed by atoms with Crippen molar-refractivity contribution in [3.63, 3.8) is 0 Å². The molecule has 40 heavy (non-hydrogen) atoms. The number of nitrogen functional groups attached to an aromatic ring is 1. The Morgan fingerprint density at radius 1 is 1.20 bits per heavy atom. The van der Waals surface area contributed by atoms with Gasteiger partial charge in [0.05, 0.1) is 28.3 Å². The molecule has 4 N–H and O–H groups in total. The van der Waals surface area contributed by atoms with E-state index in [1.807, 2.05) is 0 Å². The SMILES string of the molecule is Cc1ccc(S(=O)(=O)NC23CCC(C#N)(C2)C3)cc1-c1cnc2c(N)nc(C(F)(F)F)cn12.O=C(O)C(F)(F)F. The number of nitrogens with two attached hydrogens (primary N) is 1. The monoisotopic (exact) mass is 590 g/mol. The van der Waals surface area contributed by atoms with E-state index < -0.39 is 45.0 Å². The minimum absolute atomic E-state index is 0.0214. The summed E-state index contributed by atoms with van der Waals surface area (Å²) in [5, 5.41) is 16.4. The van der Waals surface area contributed by atoms with Crippen molar-refractivity contribution in [2.45, 2.75) is 55.4 Å². The molecule has 0 radical (unpaired) electrons. The first-order valence-electron chi connectivity index (χ1n) is 11.4. The van der Waals surface area contributed by atoms with E-state index in [-0.39, 0.29) is 22.1 Å². The molecule has 0 unspecified atom stereocenters. The van der Waals surface area contributed by atoms with Gasteiger partial charge in [-0.2, -0.15) is 31.6 Å². The van der Waals surface area contributed by atoms with Crippen LogP contribution < -0.4 is 10.5 Å². The molecule has 10 nitrogen and oxygen atoms in total. The first-order valence-corrected chi connectivity index (χ1v) is 12.9. The Balaban J connectivity index is 0.000000470. The third-order valence-corrected chi connectivity index (χ3v) is 8.45. The van der Waals surface area contributed by atoms with Gasteiger partial charge in [0.25, 0.3) is 0 Å². The molecule has 3 fully saturated rings. The van der Waals surface area contributed by atoms with Crippen molar-refractivity contribution < 1.29 is 44.7 Å². The maximum absolute atomic E-state index is 13.3. The van der Waals surface area contributed by atoms with Crippen LogP contribution >= 0.6 is 0 Å². The molecule has 2 heterocycles. The number of alkyl halides is 6. The van der Waals surface area contributed by atoms with Crippen molar-refractivity contribution >= 4 is 27.5 Å². The van der Waals surface area contributed by atoms with Crippen molar-refractivity contribution in [2.24, 2.45) is 5.41 Å². The van der Waals surface area contributed by atoms with Crippen LogP contribution in [0, 0.1) is 23.7 Å². The summed E-state index contributed by atoms with van der Waals surface area (Å²) in [6, 6.07) is 6.73. The number of benzene rings is 1. The molecule has 3 aromatic rings. The quantitative estimate of drug-likeness (QED) is 0.383. The van der Waals surface area contributed by atoms with Crippen molar-refractivity contribution in [1.29, 1.82) is 5.26 Å². The van der Waals surface area contributed by atoms with E-state index in [2.05, 4.69) is 20.8 Å². The number of carbonyl (C=O) groups is 1. The van der Waals surface area contributed by atoms with Gasteiger partial charge in [0.15, 0.2) is 17.2 Å². The molecule has 0 atom stereocenters. The number of sulfonamides is 1. The lowest BCUT2D eigenvalue weighted by Crippen LogP contribution is -2.55. The second kappa shape index (κ2) is 9.34. The van der Waals surface area contributed by atoms with E-state index in [0.29, 0.717) is 36.8 Å². The number of fused-ring (bicyclic) bond motifs is 2. The van der Waals surface area contributed by atoms with Gasteiger partial charge in [-0.1, -0.05) is 6.07 Å². The van der Waals surface area contributed by atoms with E-state index in [1.54, 1.807) is 13.0 Å². The van der Waals surface area contributed by atoms with E-state index in [4.69, 9.17) is 15.6 Å². The number of nitriles is 1. The highest BCUT2D eigenvalue weighted by Crippen LogP contribution is 2.61. The van der Waals surface area contributed by atoms with Gasteiger partial charge in [0.2, 0.25) is 10.0 Å². The lowest BCUT2D eigenvalue weighted by atomic mass is 9.66. The first kappa shape index (κ1) is 29.1. The van der Waals surface area contributed by atoms with Crippen molar-refractivity contribution in [2.75, 3.05) is 5.73 Å². The van der Waals surface area contributed by atoms with Crippen LogP contribution in [0.2, 0.25) is 0 Å². The molecule has 0 spiro atoms. The standard InChI is InChI=1S/C21H19F3N6O2S.C2HF3O2/c1-12-2-3-13(33(31,32)29-20-5-4-19(9-20,10-20)11-25)6-14(12)15-7-27-18-17(26)28-16(8-30(15)18)21(22,23)24;3-2(4,5)1(6)7/h2-3,6-8,29H,4-5,9-10H2,1H3,(H2,26,28);(H,6,7). The van der Waals surface area contributed by atoms with Gasteiger partial charge in [-0.15, -0.1) is 0 Å². The van der Waals surface area contributed by atoms with Crippen LogP contribution in [0.3, 0.4) is 0 Å². The maximum atomic E-state index is 13.3. The van der Waals surface area contributed by atoms with E-state index >= 15 is 0 Å². The maximum Gasteiger partial charge on any atom is 0.490 e. The molecule has 0 amide bonds. The second-order valence-corrected chi connectivity index (χ2v) is 11.4. The Labute approximate surface area is 222 Å². The topological polar surface area (TPSA) is 163 Å². The minimum Gasteiger partial charge on any atom is -0.475 e. The van der Waals surface area contributed by atoms with Crippen molar-refractivity contribution in [1.82, 2.24) is 19.1 Å². The average molecular weight is 591 g/mol. The van der Waals surface area contributed by atoms with Crippen molar-refractivity contribution in [3.05, 3.63) is 41.9 Å². The van der Waals surface area contributed by atoms with Crippen LogP contribution in [0.5, 0.6) is 0 Å².